The normalized spacial score (nSPS) is 19.8. The Hall–Kier alpha value is -3.60. The Kier molecular flexibility index (Phi) is 5.86. The smallest absolute Gasteiger partial charge is 0.161 e. The van der Waals surface area contributed by atoms with E-state index in [0.717, 1.165) is 46.6 Å². The highest BCUT2D eigenvalue weighted by Crippen LogP contribution is 2.44. The summed E-state index contributed by atoms with van der Waals surface area (Å²) >= 11 is 0. The van der Waals surface area contributed by atoms with E-state index in [1.165, 1.54) is 18.4 Å². The molecule has 1 fully saturated rings. The van der Waals surface area contributed by atoms with Gasteiger partial charge in [-0.3, -0.25) is 4.99 Å². The summed E-state index contributed by atoms with van der Waals surface area (Å²) in [5.74, 6) is 1.90. The molecule has 0 amide bonds. The number of fused-ring (bicyclic) bond motifs is 3. The van der Waals surface area contributed by atoms with Crippen LogP contribution in [0.15, 0.2) is 76.9 Å². The van der Waals surface area contributed by atoms with E-state index in [9.17, 15) is 5.21 Å². The standard InChI is InChI=1S/C28H28N2O3/c1-32-25-16-22-21-10-6-7-11-24(21)29-28(23(22)17-26(25)33-2)20-14-12-19(13-15-20)27(30-31)18-8-4-3-5-9-18/h3-5,8-9,12-17,21,24,31H,6-7,10-11H2,1-2H3/t21-,24-/m1/s1. The van der Waals surface area contributed by atoms with Crippen LogP contribution in [0.4, 0.5) is 0 Å². The third kappa shape index (κ3) is 3.88. The second-order valence-electron chi connectivity index (χ2n) is 8.62. The molecule has 3 aromatic rings. The van der Waals surface area contributed by atoms with Crippen molar-refractivity contribution in [3.63, 3.8) is 0 Å². The molecule has 1 saturated carbocycles. The zero-order valence-electron chi connectivity index (χ0n) is 19.0. The van der Waals surface area contributed by atoms with E-state index in [1.54, 1.807) is 14.2 Å². The number of aliphatic imine (C=N–C) groups is 1. The van der Waals surface area contributed by atoms with Crippen LogP contribution >= 0.6 is 0 Å². The first-order valence-electron chi connectivity index (χ1n) is 11.5. The molecule has 1 N–H and O–H groups in total. The Morgan fingerprint density at radius 1 is 0.879 bits per heavy atom. The molecule has 2 aliphatic rings. The van der Waals surface area contributed by atoms with Gasteiger partial charge in [-0.25, -0.2) is 0 Å². The van der Waals surface area contributed by atoms with Crippen molar-refractivity contribution < 1.29 is 14.7 Å². The van der Waals surface area contributed by atoms with E-state index in [4.69, 9.17) is 14.5 Å². The van der Waals surface area contributed by atoms with Crippen molar-refractivity contribution in [2.45, 2.75) is 37.6 Å². The zero-order valence-corrected chi connectivity index (χ0v) is 19.0. The van der Waals surface area contributed by atoms with Crippen molar-refractivity contribution in [2.75, 3.05) is 14.2 Å². The monoisotopic (exact) mass is 440 g/mol. The molecule has 0 spiro atoms. The molecule has 33 heavy (non-hydrogen) atoms. The summed E-state index contributed by atoms with van der Waals surface area (Å²) in [6, 6.07) is 22.3. The summed E-state index contributed by atoms with van der Waals surface area (Å²) in [4.78, 5) is 5.24. The fourth-order valence-corrected chi connectivity index (χ4v) is 5.16. The second-order valence-corrected chi connectivity index (χ2v) is 8.62. The first-order valence-corrected chi connectivity index (χ1v) is 11.5. The highest BCUT2D eigenvalue weighted by atomic mass is 16.5. The molecule has 168 valence electrons. The first kappa shape index (κ1) is 21.3. The van der Waals surface area contributed by atoms with Crippen molar-refractivity contribution in [3.8, 4) is 11.5 Å². The second kappa shape index (κ2) is 9.10. The van der Waals surface area contributed by atoms with Gasteiger partial charge in [0.25, 0.3) is 0 Å². The predicted molar refractivity (Wildman–Crippen MR) is 130 cm³/mol. The maximum Gasteiger partial charge on any atom is 0.161 e. The number of hydrogen-bond donors (Lipinski definition) is 1. The molecule has 0 aromatic heterocycles. The van der Waals surface area contributed by atoms with E-state index >= 15 is 0 Å². The third-order valence-electron chi connectivity index (χ3n) is 6.81. The van der Waals surface area contributed by atoms with Crippen LogP contribution in [0, 0.1) is 0 Å². The van der Waals surface area contributed by atoms with Gasteiger partial charge in [0.15, 0.2) is 11.5 Å². The Labute approximate surface area is 194 Å². The van der Waals surface area contributed by atoms with Gasteiger partial charge >= 0.3 is 0 Å². The van der Waals surface area contributed by atoms with Crippen LogP contribution in [0.2, 0.25) is 0 Å². The molecule has 2 atom stereocenters. The summed E-state index contributed by atoms with van der Waals surface area (Å²) in [6.07, 6.45) is 4.70. The molecular weight excluding hydrogens is 412 g/mol. The molecule has 3 aromatic carbocycles. The topological polar surface area (TPSA) is 63.4 Å². The van der Waals surface area contributed by atoms with E-state index < -0.39 is 0 Å². The lowest BCUT2D eigenvalue weighted by molar-refractivity contribution is 0.319. The minimum atomic E-state index is 0.290. The molecule has 1 aliphatic heterocycles. The Morgan fingerprint density at radius 3 is 2.24 bits per heavy atom. The molecule has 1 heterocycles. The molecular formula is C28H28N2O3. The summed E-state index contributed by atoms with van der Waals surface area (Å²) in [7, 11) is 3.35. The number of nitrogens with zero attached hydrogens (tertiary/aromatic N) is 2. The Morgan fingerprint density at radius 2 is 1.55 bits per heavy atom. The Balaban J connectivity index is 1.57. The molecule has 0 unspecified atom stereocenters. The third-order valence-corrected chi connectivity index (χ3v) is 6.81. The van der Waals surface area contributed by atoms with Crippen LogP contribution in [0.3, 0.4) is 0 Å². The first-order chi connectivity index (χ1) is 16.2. The minimum absolute atomic E-state index is 0.290. The molecule has 0 radical (unpaired) electrons. The number of methoxy groups -OCH3 is 2. The fourth-order valence-electron chi connectivity index (χ4n) is 5.16. The lowest BCUT2D eigenvalue weighted by Gasteiger charge is -2.35. The van der Waals surface area contributed by atoms with E-state index in [2.05, 4.69) is 29.4 Å². The average molecular weight is 441 g/mol. The van der Waals surface area contributed by atoms with Gasteiger partial charge < -0.3 is 14.7 Å². The van der Waals surface area contributed by atoms with Crippen molar-refractivity contribution in [1.29, 1.82) is 0 Å². The van der Waals surface area contributed by atoms with Gasteiger partial charge in [-0.2, -0.15) is 0 Å². The SMILES string of the molecule is COc1cc2c(cc1OC)[C@H]1CCCC[C@H]1N=C2c1ccc(C(=NO)c2ccccc2)cc1. The number of rotatable bonds is 5. The fraction of sp³-hybridized carbons (Fsp3) is 0.286. The van der Waals surface area contributed by atoms with E-state index in [0.29, 0.717) is 17.4 Å². The van der Waals surface area contributed by atoms with Crippen LogP contribution in [-0.2, 0) is 0 Å². The molecule has 1 aliphatic carbocycles. The largest absolute Gasteiger partial charge is 0.493 e. The summed E-state index contributed by atoms with van der Waals surface area (Å²) in [5.41, 5.74) is 6.72. The van der Waals surface area contributed by atoms with Gasteiger partial charge in [0.2, 0.25) is 0 Å². The zero-order chi connectivity index (χ0) is 22.8. The van der Waals surface area contributed by atoms with Crippen LogP contribution in [-0.4, -0.2) is 36.9 Å². The molecule has 5 heteroatoms. The quantitative estimate of drug-likeness (QED) is 0.309. The molecule has 5 rings (SSSR count). The maximum atomic E-state index is 9.66. The van der Waals surface area contributed by atoms with Crippen LogP contribution in [0.5, 0.6) is 11.5 Å². The lowest BCUT2D eigenvalue weighted by Crippen LogP contribution is -2.29. The highest BCUT2D eigenvalue weighted by Gasteiger charge is 2.34. The van der Waals surface area contributed by atoms with Gasteiger partial charge in [0.1, 0.15) is 5.71 Å². The number of hydrogen-bond acceptors (Lipinski definition) is 5. The van der Waals surface area contributed by atoms with Crippen molar-refractivity contribution in [1.82, 2.24) is 0 Å². The predicted octanol–water partition coefficient (Wildman–Crippen LogP) is 5.81. The maximum absolute atomic E-state index is 9.66. The van der Waals surface area contributed by atoms with Gasteiger partial charge in [0, 0.05) is 28.2 Å². The molecule has 0 bridgehead atoms. The molecule has 0 saturated heterocycles. The van der Waals surface area contributed by atoms with Crippen molar-refractivity contribution in [3.05, 3.63) is 94.5 Å². The lowest BCUT2D eigenvalue weighted by atomic mass is 9.75. The van der Waals surface area contributed by atoms with Crippen molar-refractivity contribution >= 4 is 11.4 Å². The van der Waals surface area contributed by atoms with Crippen LogP contribution < -0.4 is 9.47 Å². The van der Waals surface area contributed by atoms with Gasteiger partial charge in [-0.15, -0.1) is 0 Å². The van der Waals surface area contributed by atoms with Crippen LogP contribution in [0.25, 0.3) is 0 Å². The van der Waals surface area contributed by atoms with Gasteiger partial charge in [-0.05, 0) is 30.5 Å². The summed E-state index contributed by atoms with van der Waals surface area (Å²) in [6.45, 7) is 0. The number of oxime groups is 1. The average Bonchev–Trinajstić information content (AvgIpc) is 2.89. The van der Waals surface area contributed by atoms with E-state index in [-0.39, 0.29) is 6.04 Å². The highest BCUT2D eigenvalue weighted by molar-refractivity contribution is 6.16. The van der Waals surface area contributed by atoms with E-state index in [1.807, 2.05) is 42.5 Å². The van der Waals surface area contributed by atoms with Crippen molar-refractivity contribution in [2.24, 2.45) is 10.1 Å². The van der Waals surface area contributed by atoms with Gasteiger partial charge in [0.05, 0.1) is 26.0 Å². The number of ether oxygens (including phenoxy) is 2. The Bertz CT molecular complexity index is 1200. The summed E-state index contributed by atoms with van der Waals surface area (Å²) < 4.78 is 11.2. The molecule has 5 nitrogen and oxygen atoms in total. The van der Waals surface area contributed by atoms with Gasteiger partial charge in [-0.1, -0.05) is 72.6 Å². The minimum Gasteiger partial charge on any atom is -0.493 e. The number of benzene rings is 3. The van der Waals surface area contributed by atoms with Crippen LogP contribution in [0.1, 0.15) is 59.4 Å². The summed E-state index contributed by atoms with van der Waals surface area (Å²) in [5, 5.41) is 13.2.